The molecule has 4 heteroatoms. The monoisotopic (exact) mass is 291 g/mol. The number of rotatable bonds is 1. The second kappa shape index (κ2) is 4.84. The Morgan fingerprint density at radius 2 is 1.45 bits per heavy atom. The highest BCUT2D eigenvalue weighted by Crippen LogP contribution is 2.32. The third-order valence-electron chi connectivity index (χ3n) is 3.98. The Morgan fingerprint density at radius 1 is 0.864 bits per heavy atom. The molecular weight excluding hydrogens is 278 g/mol. The molecule has 0 aromatic heterocycles. The average Bonchev–Trinajstić information content (AvgIpc) is 3.13. The van der Waals surface area contributed by atoms with Crippen LogP contribution in [0.15, 0.2) is 66.1 Å². The zero-order valence-corrected chi connectivity index (χ0v) is 11.7. The lowest BCUT2D eigenvalue weighted by atomic mass is 10.1. The molecule has 4 rings (SSSR count). The lowest BCUT2D eigenvalue weighted by molar-refractivity contribution is 0.0965. The number of allylic oxidation sites excluding steroid dienone is 1. The minimum atomic E-state index is -0.267. The number of carbonyl (C=O) groups is 2. The van der Waals surface area contributed by atoms with Crippen LogP contribution in [-0.2, 0) is 4.74 Å². The number of nitrogens with one attached hydrogen (secondary N) is 1. The number of carbonyl (C=O) groups excluding carboxylic acids is 2. The Hall–Kier alpha value is -2.88. The average molecular weight is 291 g/mol. The van der Waals surface area contributed by atoms with Crippen molar-refractivity contribution < 1.29 is 14.3 Å². The molecule has 0 saturated carbocycles. The molecule has 0 radical (unpaired) electrons. The van der Waals surface area contributed by atoms with Crippen LogP contribution in [0.25, 0.3) is 0 Å². The quantitative estimate of drug-likeness (QED) is 0.648. The summed E-state index contributed by atoms with van der Waals surface area (Å²) in [6.07, 6.45) is -0.187. The summed E-state index contributed by atoms with van der Waals surface area (Å²) in [7, 11) is 0. The Kier molecular flexibility index (Phi) is 2.82. The van der Waals surface area contributed by atoms with Crippen LogP contribution in [-0.4, -0.2) is 18.1 Å². The van der Waals surface area contributed by atoms with Crippen LogP contribution in [0.5, 0.6) is 0 Å². The molecule has 1 N–H and O–H groups in total. The fraction of sp³-hybridized carbons (Fsp3) is 0.111. The van der Waals surface area contributed by atoms with E-state index in [-0.39, 0.29) is 23.2 Å². The summed E-state index contributed by atoms with van der Waals surface area (Å²) in [4.78, 5) is 24.9. The van der Waals surface area contributed by atoms with Gasteiger partial charge in [-0.2, -0.15) is 0 Å². The van der Waals surface area contributed by atoms with Crippen molar-refractivity contribution in [2.45, 2.75) is 6.10 Å². The molecule has 0 spiro atoms. The number of hydrogen-bond donors (Lipinski definition) is 1. The topological polar surface area (TPSA) is 55.4 Å². The van der Waals surface area contributed by atoms with Crippen LogP contribution in [0.4, 0.5) is 0 Å². The van der Waals surface area contributed by atoms with E-state index < -0.39 is 0 Å². The molecule has 1 heterocycles. The van der Waals surface area contributed by atoms with Gasteiger partial charge in [0.15, 0.2) is 0 Å². The highest BCUT2D eigenvalue weighted by Gasteiger charge is 2.38. The number of ether oxygens (including phenoxy) is 1. The number of fused-ring (bicyclic) bond motifs is 1. The van der Waals surface area contributed by atoms with Gasteiger partial charge in [0.25, 0.3) is 0 Å². The molecule has 4 nitrogen and oxygen atoms in total. The zero-order valence-electron chi connectivity index (χ0n) is 11.7. The summed E-state index contributed by atoms with van der Waals surface area (Å²) in [5.41, 5.74) is 2.02. The molecule has 2 aliphatic rings. The molecule has 0 bridgehead atoms. The fourth-order valence-corrected chi connectivity index (χ4v) is 2.87. The normalized spacial score (nSPS) is 19.9. The lowest BCUT2D eigenvalue weighted by Crippen LogP contribution is -2.14. The third-order valence-corrected chi connectivity index (χ3v) is 3.98. The summed E-state index contributed by atoms with van der Waals surface area (Å²) in [5.74, 6) is -0.242. The molecular formula is C18H13NO3. The van der Waals surface area contributed by atoms with Crippen molar-refractivity contribution in [3.63, 3.8) is 0 Å². The van der Waals surface area contributed by atoms with E-state index in [4.69, 9.17) is 4.74 Å². The highest BCUT2D eigenvalue weighted by molar-refractivity contribution is 6.39. The maximum atomic E-state index is 12.4. The molecule has 2 aromatic rings. The number of Topliss-reactive ketones (excluding diaryl/α,β-unsaturated/α-hetero) is 2. The standard InChI is InChI=1S/C18H13NO3/c20-16-12-8-4-5-9-13(12)17(21)15(16)18-19-10-14(22-18)11-6-2-1-3-7-11/h1-9,14,19H,10H2. The van der Waals surface area contributed by atoms with Gasteiger partial charge < -0.3 is 10.1 Å². The van der Waals surface area contributed by atoms with Crippen molar-refractivity contribution in [3.8, 4) is 0 Å². The molecule has 1 unspecified atom stereocenters. The van der Waals surface area contributed by atoms with Crippen LogP contribution in [0.3, 0.4) is 0 Å². The Morgan fingerprint density at radius 3 is 2.09 bits per heavy atom. The van der Waals surface area contributed by atoms with Crippen LogP contribution >= 0.6 is 0 Å². The number of hydrogen-bond acceptors (Lipinski definition) is 4. The van der Waals surface area contributed by atoms with Crippen molar-refractivity contribution >= 4 is 11.6 Å². The van der Waals surface area contributed by atoms with E-state index in [1.807, 2.05) is 30.3 Å². The first-order chi connectivity index (χ1) is 10.8. The van der Waals surface area contributed by atoms with E-state index in [1.165, 1.54) is 0 Å². The van der Waals surface area contributed by atoms with Gasteiger partial charge in [-0.05, 0) is 5.56 Å². The Balaban J connectivity index is 1.70. The van der Waals surface area contributed by atoms with Crippen molar-refractivity contribution in [2.24, 2.45) is 0 Å². The largest absolute Gasteiger partial charge is 0.468 e. The second-order valence-electron chi connectivity index (χ2n) is 5.31. The Labute approximate surface area is 127 Å². The van der Waals surface area contributed by atoms with Gasteiger partial charge in [-0.25, -0.2) is 0 Å². The first-order valence-corrected chi connectivity index (χ1v) is 7.14. The zero-order chi connectivity index (χ0) is 15.1. The molecule has 2 aromatic carbocycles. The molecule has 1 atom stereocenters. The third kappa shape index (κ3) is 1.84. The first-order valence-electron chi connectivity index (χ1n) is 7.14. The van der Waals surface area contributed by atoms with E-state index in [9.17, 15) is 9.59 Å². The SMILES string of the molecule is O=C1C(=C2NCC(c3ccccc3)O2)C(=O)c2ccccc21. The Bertz CT molecular complexity index is 771. The molecule has 1 fully saturated rings. The van der Waals surface area contributed by atoms with Crippen LogP contribution in [0.1, 0.15) is 32.4 Å². The maximum Gasteiger partial charge on any atom is 0.203 e. The summed E-state index contributed by atoms with van der Waals surface area (Å²) in [6.45, 7) is 0.541. The predicted octanol–water partition coefficient (Wildman–Crippen LogP) is 2.64. The van der Waals surface area contributed by atoms with Gasteiger partial charge in [0.05, 0.1) is 6.54 Å². The molecule has 22 heavy (non-hydrogen) atoms. The molecule has 0 amide bonds. The summed E-state index contributed by atoms with van der Waals surface area (Å²) < 4.78 is 5.83. The van der Waals surface area contributed by atoms with E-state index >= 15 is 0 Å². The second-order valence-corrected chi connectivity index (χ2v) is 5.31. The molecule has 108 valence electrons. The van der Waals surface area contributed by atoms with Crippen molar-refractivity contribution in [1.82, 2.24) is 5.32 Å². The van der Waals surface area contributed by atoms with E-state index in [0.717, 1.165) is 5.56 Å². The van der Waals surface area contributed by atoms with E-state index in [0.29, 0.717) is 23.6 Å². The van der Waals surface area contributed by atoms with Crippen molar-refractivity contribution in [2.75, 3.05) is 6.54 Å². The van der Waals surface area contributed by atoms with Gasteiger partial charge in [0.2, 0.25) is 17.4 Å². The highest BCUT2D eigenvalue weighted by atomic mass is 16.5. The van der Waals surface area contributed by atoms with Gasteiger partial charge in [-0.3, -0.25) is 9.59 Å². The summed E-state index contributed by atoms with van der Waals surface area (Å²) in [6, 6.07) is 16.6. The van der Waals surface area contributed by atoms with Crippen LogP contribution in [0.2, 0.25) is 0 Å². The van der Waals surface area contributed by atoms with Gasteiger partial charge >= 0.3 is 0 Å². The van der Waals surface area contributed by atoms with Crippen LogP contribution in [0, 0.1) is 0 Å². The van der Waals surface area contributed by atoms with Crippen molar-refractivity contribution in [3.05, 3.63) is 82.7 Å². The summed E-state index contributed by atoms with van der Waals surface area (Å²) >= 11 is 0. The molecule has 1 saturated heterocycles. The van der Waals surface area contributed by atoms with Crippen LogP contribution < -0.4 is 5.32 Å². The first kappa shape index (κ1) is 12.8. The summed E-state index contributed by atoms with van der Waals surface area (Å²) in [5, 5.41) is 3.06. The van der Waals surface area contributed by atoms with Gasteiger partial charge in [-0.15, -0.1) is 0 Å². The molecule has 1 aliphatic heterocycles. The predicted molar refractivity (Wildman–Crippen MR) is 80.4 cm³/mol. The van der Waals surface area contributed by atoms with Gasteiger partial charge in [0.1, 0.15) is 11.7 Å². The maximum absolute atomic E-state index is 12.4. The van der Waals surface area contributed by atoms with E-state index in [1.54, 1.807) is 24.3 Å². The minimum absolute atomic E-state index is 0.111. The minimum Gasteiger partial charge on any atom is -0.468 e. The van der Waals surface area contributed by atoms with Gasteiger partial charge in [0, 0.05) is 11.1 Å². The number of benzene rings is 2. The fourth-order valence-electron chi connectivity index (χ4n) is 2.87. The lowest BCUT2D eigenvalue weighted by Gasteiger charge is -2.09. The van der Waals surface area contributed by atoms with E-state index in [2.05, 4.69) is 5.32 Å². The van der Waals surface area contributed by atoms with Crippen molar-refractivity contribution in [1.29, 1.82) is 0 Å². The number of ketones is 2. The molecule has 1 aliphatic carbocycles. The smallest absolute Gasteiger partial charge is 0.203 e. The van der Waals surface area contributed by atoms with Gasteiger partial charge in [-0.1, -0.05) is 54.6 Å².